The van der Waals surface area contributed by atoms with E-state index in [2.05, 4.69) is 10.0 Å². The summed E-state index contributed by atoms with van der Waals surface area (Å²) in [6.45, 7) is 8.82. The van der Waals surface area contributed by atoms with Crippen molar-refractivity contribution in [3.63, 3.8) is 0 Å². The van der Waals surface area contributed by atoms with Crippen LogP contribution in [0, 0.1) is 0 Å². The Hall–Kier alpha value is -0.890. The van der Waals surface area contributed by atoms with Gasteiger partial charge >= 0.3 is 0 Å². The summed E-state index contributed by atoms with van der Waals surface area (Å²) < 4.78 is 38.4. The van der Waals surface area contributed by atoms with Gasteiger partial charge in [-0.05, 0) is 32.4 Å². The molecule has 120 valence electrons. The highest BCUT2D eigenvalue weighted by molar-refractivity contribution is 7.89. The lowest BCUT2D eigenvalue weighted by Gasteiger charge is -2.27. The molecule has 1 aromatic heterocycles. The molecule has 2 N–H and O–H groups in total. The number of ether oxygens (including phenoxy) is 1. The SMILES string of the molecule is CC(C)NCc1ccc(S(=O)(=O)NC2(C)CCOC2C)o1. The van der Waals surface area contributed by atoms with E-state index in [1.165, 1.54) is 6.07 Å². The van der Waals surface area contributed by atoms with Gasteiger partial charge in [-0.25, -0.2) is 8.42 Å². The Balaban J connectivity index is 2.09. The lowest BCUT2D eigenvalue weighted by Crippen LogP contribution is -2.50. The van der Waals surface area contributed by atoms with Crippen LogP contribution in [0.2, 0.25) is 0 Å². The molecule has 0 bridgehead atoms. The molecule has 2 rings (SSSR count). The van der Waals surface area contributed by atoms with Gasteiger partial charge in [0.25, 0.3) is 10.0 Å². The van der Waals surface area contributed by atoms with Crippen molar-refractivity contribution in [2.24, 2.45) is 0 Å². The first-order chi connectivity index (χ1) is 9.73. The molecule has 1 aliphatic rings. The molecule has 0 aliphatic carbocycles. The molecule has 1 saturated heterocycles. The molecule has 21 heavy (non-hydrogen) atoms. The van der Waals surface area contributed by atoms with Crippen molar-refractivity contribution in [1.82, 2.24) is 10.0 Å². The second kappa shape index (κ2) is 6.08. The summed E-state index contributed by atoms with van der Waals surface area (Å²) in [5, 5.41) is 3.13. The normalized spacial score (nSPS) is 26.6. The van der Waals surface area contributed by atoms with Crippen molar-refractivity contribution in [3.05, 3.63) is 17.9 Å². The highest BCUT2D eigenvalue weighted by atomic mass is 32.2. The van der Waals surface area contributed by atoms with Gasteiger partial charge in [-0.1, -0.05) is 13.8 Å². The third-order valence-corrected chi connectivity index (χ3v) is 5.32. The molecule has 0 spiro atoms. The van der Waals surface area contributed by atoms with Crippen molar-refractivity contribution in [3.8, 4) is 0 Å². The number of nitrogens with one attached hydrogen (secondary N) is 2. The van der Waals surface area contributed by atoms with Crippen LogP contribution in [0.1, 0.15) is 39.9 Å². The molecule has 6 nitrogen and oxygen atoms in total. The van der Waals surface area contributed by atoms with Crippen molar-refractivity contribution >= 4 is 10.0 Å². The van der Waals surface area contributed by atoms with Crippen LogP contribution < -0.4 is 10.0 Å². The molecule has 7 heteroatoms. The van der Waals surface area contributed by atoms with Crippen LogP contribution in [0.25, 0.3) is 0 Å². The Kier molecular flexibility index (Phi) is 4.77. The minimum absolute atomic E-state index is 0.0524. The molecule has 0 radical (unpaired) electrons. The molecule has 1 aliphatic heterocycles. The second-order valence-corrected chi connectivity index (χ2v) is 7.66. The Morgan fingerprint density at radius 3 is 2.71 bits per heavy atom. The Labute approximate surface area is 126 Å². The van der Waals surface area contributed by atoms with E-state index in [1.54, 1.807) is 6.07 Å². The van der Waals surface area contributed by atoms with Gasteiger partial charge in [-0.3, -0.25) is 0 Å². The van der Waals surface area contributed by atoms with E-state index in [0.29, 0.717) is 31.4 Å². The zero-order valence-electron chi connectivity index (χ0n) is 13.0. The molecular formula is C14H24N2O4S. The summed E-state index contributed by atoms with van der Waals surface area (Å²) in [6, 6.07) is 3.48. The lowest BCUT2D eigenvalue weighted by atomic mass is 9.97. The predicted octanol–water partition coefficient (Wildman–Crippen LogP) is 1.62. The molecule has 0 saturated carbocycles. The molecule has 1 aromatic rings. The lowest BCUT2D eigenvalue weighted by molar-refractivity contribution is 0.0956. The fraction of sp³-hybridized carbons (Fsp3) is 0.714. The van der Waals surface area contributed by atoms with E-state index in [9.17, 15) is 8.42 Å². The quantitative estimate of drug-likeness (QED) is 0.833. The summed E-state index contributed by atoms with van der Waals surface area (Å²) in [5.74, 6) is 0.602. The number of sulfonamides is 1. The summed E-state index contributed by atoms with van der Waals surface area (Å²) >= 11 is 0. The van der Waals surface area contributed by atoms with Gasteiger partial charge in [-0.15, -0.1) is 0 Å². The maximum absolute atomic E-state index is 12.4. The Morgan fingerprint density at radius 1 is 1.43 bits per heavy atom. The van der Waals surface area contributed by atoms with Gasteiger partial charge in [0.15, 0.2) is 0 Å². The standard InChI is InChI=1S/C14H24N2O4S/c1-10(2)15-9-12-5-6-13(20-12)21(17,18)16-14(4)7-8-19-11(14)3/h5-6,10-11,15-16H,7-9H2,1-4H3. The van der Waals surface area contributed by atoms with Crippen LogP contribution in [0.4, 0.5) is 0 Å². The third kappa shape index (κ3) is 3.85. The molecular weight excluding hydrogens is 292 g/mol. The molecule has 1 fully saturated rings. The van der Waals surface area contributed by atoms with E-state index in [1.807, 2.05) is 27.7 Å². The zero-order valence-corrected chi connectivity index (χ0v) is 13.8. The van der Waals surface area contributed by atoms with Crippen molar-refractivity contribution in [1.29, 1.82) is 0 Å². The summed E-state index contributed by atoms with van der Waals surface area (Å²) in [7, 11) is -3.68. The minimum atomic E-state index is -3.68. The number of furan rings is 1. The minimum Gasteiger partial charge on any atom is -0.447 e. The maximum atomic E-state index is 12.4. The van der Waals surface area contributed by atoms with Crippen LogP contribution in [0.15, 0.2) is 21.6 Å². The van der Waals surface area contributed by atoms with E-state index >= 15 is 0 Å². The molecule has 0 amide bonds. The molecule has 0 aromatic carbocycles. The fourth-order valence-corrected chi connectivity index (χ4v) is 3.68. The highest BCUT2D eigenvalue weighted by Gasteiger charge is 2.41. The molecule has 2 atom stereocenters. The smallest absolute Gasteiger partial charge is 0.274 e. The fourth-order valence-electron chi connectivity index (χ4n) is 2.23. The number of hydrogen-bond donors (Lipinski definition) is 2. The van der Waals surface area contributed by atoms with Gasteiger partial charge in [0.05, 0.1) is 18.2 Å². The summed E-state index contributed by atoms with van der Waals surface area (Å²) in [4.78, 5) is 0. The highest BCUT2D eigenvalue weighted by Crippen LogP contribution is 2.27. The second-order valence-electron chi connectivity index (χ2n) is 6.04. The summed E-state index contributed by atoms with van der Waals surface area (Å²) in [6.07, 6.45) is 0.486. The van der Waals surface area contributed by atoms with Crippen molar-refractivity contribution in [2.45, 2.75) is 63.4 Å². The Bertz CT molecular complexity index is 582. The molecule has 2 heterocycles. The zero-order chi connectivity index (χ0) is 15.7. The van der Waals surface area contributed by atoms with Gasteiger partial charge in [-0.2, -0.15) is 4.72 Å². The van der Waals surface area contributed by atoms with Gasteiger partial charge in [0.1, 0.15) is 5.76 Å². The topological polar surface area (TPSA) is 80.6 Å². The third-order valence-electron chi connectivity index (χ3n) is 3.84. The van der Waals surface area contributed by atoms with E-state index in [-0.39, 0.29) is 11.2 Å². The van der Waals surface area contributed by atoms with Crippen LogP contribution in [0.5, 0.6) is 0 Å². The van der Waals surface area contributed by atoms with Crippen molar-refractivity contribution < 1.29 is 17.6 Å². The number of hydrogen-bond acceptors (Lipinski definition) is 5. The number of rotatable bonds is 6. The van der Waals surface area contributed by atoms with Crippen LogP contribution >= 0.6 is 0 Å². The first kappa shape index (κ1) is 16.5. The monoisotopic (exact) mass is 316 g/mol. The maximum Gasteiger partial charge on any atom is 0.274 e. The molecule has 2 unspecified atom stereocenters. The van der Waals surface area contributed by atoms with E-state index < -0.39 is 15.6 Å². The predicted molar refractivity (Wildman–Crippen MR) is 79.4 cm³/mol. The first-order valence-corrected chi connectivity index (χ1v) is 8.69. The average Bonchev–Trinajstić information content (AvgIpc) is 2.95. The van der Waals surface area contributed by atoms with Crippen LogP contribution in [0.3, 0.4) is 0 Å². The van der Waals surface area contributed by atoms with Gasteiger partial charge in [0.2, 0.25) is 5.09 Å². The largest absolute Gasteiger partial charge is 0.447 e. The summed E-state index contributed by atoms with van der Waals surface area (Å²) in [5.41, 5.74) is -0.595. The van der Waals surface area contributed by atoms with Gasteiger partial charge in [0, 0.05) is 12.6 Å². The Morgan fingerprint density at radius 2 is 2.14 bits per heavy atom. The first-order valence-electron chi connectivity index (χ1n) is 7.20. The van der Waals surface area contributed by atoms with Crippen LogP contribution in [-0.2, 0) is 21.3 Å². The average molecular weight is 316 g/mol. The van der Waals surface area contributed by atoms with Gasteiger partial charge < -0.3 is 14.5 Å². The van der Waals surface area contributed by atoms with Crippen LogP contribution in [-0.4, -0.2) is 32.7 Å². The van der Waals surface area contributed by atoms with Crippen molar-refractivity contribution in [2.75, 3.05) is 6.61 Å². The van der Waals surface area contributed by atoms with E-state index in [4.69, 9.17) is 9.15 Å². The van der Waals surface area contributed by atoms with E-state index in [0.717, 1.165) is 0 Å².